The molecule has 0 aromatic heterocycles. The molecule has 1 heterocycles. The number of nitrogens with zero attached hydrogens (tertiary/aromatic N) is 2. The van der Waals surface area contributed by atoms with Crippen LogP contribution in [0.15, 0.2) is 0 Å². The molecule has 0 spiro atoms. The third-order valence-electron chi connectivity index (χ3n) is 4.49. The van der Waals surface area contributed by atoms with E-state index >= 15 is 0 Å². The van der Waals surface area contributed by atoms with Crippen LogP contribution in [-0.2, 0) is 0 Å². The van der Waals surface area contributed by atoms with E-state index in [-0.39, 0.29) is 0 Å². The number of nitrogens with one attached hydrogen (secondary N) is 1. The van der Waals surface area contributed by atoms with Gasteiger partial charge in [-0.05, 0) is 31.7 Å². The highest BCUT2D eigenvalue weighted by Crippen LogP contribution is 2.29. The summed E-state index contributed by atoms with van der Waals surface area (Å²) in [5, 5.41) is 3.59. The molecule has 112 valence electrons. The van der Waals surface area contributed by atoms with Crippen LogP contribution in [0.3, 0.4) is 0 Å². The Morgan fingerprint density at radius 3 is 2.32 bits per heavy atom. The average Bonchev–Trinajstić information content (AvgIpc) is 3.24. The molecule has 0 atom stereocenters. The van der Waals surface area contributed by atoms with Gasteiger partial charge in [0.25, 0.3) is 0 Å². The molecule has 0 aromatic rings. The van der Waals surface area contributed by atoms with Crippen molar-refractivity contribution in [2.45, 2.75) is 45.4 Å². The Bertz CT molecular complexity index is 220. The Morgan fingerprint density at radius 1 is 0.895 bits per heavy atom. The molecule has 0 radical (unpaired) electrons. The zero-order valence-corrected chi connectivity index (χ0v) is 12.9. The normalized spacial score (nSPS) is 21.9. The molecule has 0 aromatic carbocycles. The maximum atomic E-state index is 3.59. The summed E-state index contributed by atoms with van der Waals surface area (Å²) in [5.74, 6) is 1.05. The monoisotopic (exact) mass is 267 g/mol. The first-order valence-corrected chi connectivity index (χ1v) is 8.54. The zero-order chi connectivity index (χ0) is 13.3. The molecule has 2 aliphatic rings. The maximum Gasteiger partial charge on any atom is 0.0110 e. The molecule has 2 rings (SSSR count). The molecular formula is C16H33N3. The van der Waals surface area contributed by atoms with E-state index in [0.717, 1.165) is 5.92 Å². The second-order valence-corrected chi connectivity index (χ2v) is 6.40. The lowest BCUT2D eigenvalue weighted by molar-refractivity contribution is 0.129. The van der Waals surface area contributed by atoms with Crippen molar-refractivity contribution in [3.8, 4) is 0 Å². The predicted molar refractivity (Wildman–Crippen MR) is 82.6 cm³/mol. The Hall–Kier alpha value is -0.120. The van der Waals surface area contributed by atoms with Gasteiger partial charge in [0.15, 0.2) is 0 Å². The first-order chi connectivity index (χ1) is 9.38. The Kier molecular flexibility index (Phi) is 7.18. The van der Waals surface area contributed by atoms with Crippen LogP contribution in [0, 0.1) is 5.92 Å². The van der Waals surface area contributed by atoms with Gasteiger partial charge in [0.1, 0.15) is 0 Å². The van der Waals surface area contributed by atoms with Crippen molar-refractivity contribution in [3.05, 3.63) is 0 Å². The van der Waals surface area contributed by atoms with Crippen molar-refractivity contribution in [2.24, 2.45) is 5.92 Å². The smallest absolute Gasteiger partial charge is 0.0110 e. The molecule has 0 bridgehead atoms. The molecular weight excluding hydrogens is 234 g/mol. The summed E-state index contributed by atoms with van der Waals surface area (Å²) in [6.07, 6.45) is 8.45. The summed E-state index contributed by atoms with van der Waals surface area (Å²) in [7, 11) is 0. The van der Waals surface area contributed by atoms with Crippen LogP contribution in [0.4, 0.5) is 0 Å². The summed E-state index contributed by atoms with van der Waals surface area (Å²) >= 11 is 0. The largest absolute Gasteiger partial charge is 0.315 e. The summed E-state index contributed by atoms with van der Waals surface area (Å²) in [5.41, 5.74) is 0. The van der Waals surface area contributed by atoms with E-state index < -0.39 is 0 Å². The molecule has 3 nitrogen and oxygen atoms in total. The quantitative estimate of drug-likeness (QED) is 0.612. The van der Waals surface area contributed by atoms with Crippen LogP contribution in [0.25, 0.3) is 0 Å². The van der Waals surface area contributed by atoms with E-state index in [9.17, 15) is 0 Å². The van der Waals surface area contributed by atoms with Crippen molar-refractivity contribution in [1.29, 1.82) is 0 Å². The number of unbranched alkanes of at least 4 members (excludes halogenated alkanes) is 3. The van der Waals surface area contributed by atoms with Crippen LogP contribution >= 0.6 is 0 Å². The van der Waals surface area contributed by atoms with Crippen LogP contribution in [0.2, 0.25) is 0 Å². The fourth-order valence-electron chi connectivity index (χ4n) is 2.90. The van der Waals surface area contributed by atoms with Crippen molar-refractivity contribution in [3.63, 3.8) is 0 Å². The molecule has 1 saturated heterocycles. The first-order valence-electron chi connectivity index (χ1n) is 8.54. The van der Waals surface area contributed by atoms with Gasteiger partial charge in [-0.1, -0.05) is 26.2 Å². The number of piperazine rings is 1. The number of rotatable bonds is 10. The fourth-order valence-corrected chi connectivity index (χ4v) is 2.90. The molecule has 1 N–H and O–H groups in total. The van der Waals surface area contributed by atoms with Crippen molar-refractivity contribution in [1.82, 2.24) is 15.1 Å². The van der Waals surface area contributed by atoms with Crippen LogP contribution in [-0.4, -0.2) is 62.2 Å². The summed E-state index contributed by atoms with van der Waals surface area (Å²) < 4.78 is 0. The van der Waals surface area contributed by atoms with Gasteiger partial charge >= 0.3 is 0 Å². The lowest BCUT2D eigenvalue weighted by Gasteiger charge is -2.34. The highest BCUT2D eigenvalue weighted by molar-refractivity contribution is 4.80. The first kappa shape index (κ1) is 15.3. The van der Waals surface area contributed by atoms with Crippen molar-refractivity contribution >= 4 is 0 Å². The minimum Gasteiger partial charge on any atom is -0.315 e. The summed E-state index contributed by atoms with van der Waals surface area (Å²) in [4.78, 5) is 5.30. The third kappa shape index (κ3) is 6.73. The fraction of sp³-hybridized carbons (Fsp3) is 1.00. The molecule has 1 aliphatic carbocycles. The molecule has 1 aliphatic heterocycles. The lowest BCUT2D eigenvalue weighted by atomic mass is 10.2. The highest BCUT2D eigenvalue weighted by atomic mass is 15.3. The minimum atomic E-state index is 1.05. The second-order valence-electron chi connectivity index (χ2n) is 6.40. The third-order valence-corrected chi connectivity index (χ3v) is 4.49. The van der Waals surface area contributed by atoms with Gasteiger partial charge in [0, 0.05) is 45.8 Å². The molecule has 19 heavy (non-hydrogen) atoms. The summed E-state index contributed by atoms with van der Waals surface area (Å²) in [6.45, 7) is 12.4. The average molecular weight is 267 g/mol. The van der Waals surface area contributed by atoms with Crippen LogP contribution in [0.1, 0.15) is 45.4 Å². The lowest BCUT2D eigenvalue weighted by Crippen LogP contribution is -2.48. The molecule has 0 amide bonds. The van der Waals surface area contributed by atoms with E-state index in [4.69, 9.17) is 0 Å². The summed E-state index contributed by atoms with van der Waals surface area (Å²) in [6, 6.07) is 0. The minimum absolute atomic E-state index is 1.05. The standard InChI is InChI=1S/C16H33N3/c1-2-3-4-5-8-17-9-10-18-11-13-19(14-12-18)15-16-6-7-16/h16-17H,2-15H2,1H3. The SMILES string of the molecule is CCCCCCNCCN1CCN(CC2CC2)CC1. The number of hydrogen-bond acceptors (Lipinski definition) is 3. The van der Waals surface area contributed by atoms with Crippen LogP contribution < -0.4 is 5.32 Å². The second kappa shape index (κ2) is 8.93. The van der Waals surface area contributed by atoms with E-state index in [0.29, 0.717) is 0 Å². The van der Waals surface area contributed by atoms with Gasteiger partial charge in [-0.25, -0.2) is 0 Å². The Balaban J connectivity index is 1.40. The highest BCUT2D eigenvalue weighted by Gasteiger charge is 2.26. The predicted octanol–water partition coefficient (Wildman–Crippen LogP) is 2.18. The van der Waals surface area contributed by atoms with Crippen molar-refractivity contribution < 1.29 is 0 Å². The van der Waals surface area contributed by atoms with Gasteiger partial charge < -0.3 is 10.2 Å². The van der Waals surface area contributed by atoms with E-state index in [1.54, 1.807) is 0 Å². The van der Waals surface area contributed by atoms with E-state index in [1.807, 2.05) is 0 Å². The van der Waals surface area contributed by atoms with E-state index in [1.165, 1.54) is 90.9 Å². The Morgan fingerprint density at radius 2 is 1.63 bits per heavy atom. The van der Waals surface area contributed by atoms with Crippen LogP contribution in [0.5, 0.6) is 0 Å². The maximum absolute atomic E-state index is 3.59. The van der Waals surface area contributed by atoms with Gasteiger partial charge in [0.2, 0.25) is 0 Å². The molecule has 3 heteroatoms. The number of hydrogen-bond donors (Lipinski definition) is 1. The topological polar surface area (TPSA) is 18.5 Å². The van der Waals surface area contributed by atoms with Gasteiger partial charge in [-0.15, -0.1) is 0 Å². The van der Waals surface area contributed by atoms with Gasteiger partial charge in [0.05, 0.1) is 0 Å². The molecule has 0 unspecified atom stereocenters. The van der Waals surface area contributed by atoms with Gasteiger partial charge in [-0.2, -0.15) is 0 Å². The van der Waals surface area contributed by atoms with Crippen molar-refractivity contribution in [2.75, 3.05) is 52.4 Å². The van der Waals surface area contributed by atoms with E-state index in [2.05, 4.69) is 22.0 Å². The molecule has 2 fully saturated rings. The van der Waals surface area contributed by atoms with Gasteiger partial charge in [-0.3, -0.25) is 4.90 Å². The molecule has 1 saturated carbocycles. The zero-order valence-electron chi connectivity index (χ0n) is 12.9. The Labute approximate surface area is 119 Å².